The average Bonchev–Trinajstić information content (AvgIpc) is 2.63. The van der Waals surface area contributed by atoms with Crippen molar-refractivity contribution in [2.75, 3.05) is 24.5 Å². The summed E-state index contributed by atoms with van der Waals surface area (Å²) in [6.07, 6.45) is 6.41. The summed E-state index contributed by atoms with van der Waals surface area (Å²) in [6.45, 7) is 2.69. The highest BCUT2D eigenvalue weighted by Crippen LogP contribution is 2.19. The van der Waals surface area contributed by atoms with Crippen molar-refractivity contribution in [3.8, 4) is 0 Å². The number of aromatic amines is 1. The Morgan fingerprint density at radius 2 is 1.83 bits per heavy atom. The van der Waals surface area contributed by atoms with Gasteiger partial charge in [-0.25, -0.2) is 4.98 Å². The molecule has 1 aromatic carbocycles. The van der Waals surface area contributed by atoms with Crippen molar-refractivity contribution >= 4 is 11.7 Å². The largest absolute Gasteiger partial charge is 0.351 e. The number of carbonyl (C=O) groups excluding carboxylic acids is 1. The van der Waals surface area contributed by atoms with Gasteiger partial charge in [0.1, 0.15) is 5.56 Å². The van der Waals surface area contributed by atoms with E-state index in [1.54, 1.807) is 0 Å². The second kappa shape index (κ2) is 7.77. The van der Waals surface area contributed by atoms with Crippen LogP contribution in [-0.2, 0) is 6.42 Å². The van der Waals surface area contributed by atoms with Crippen LogP contribution >= 0.6 is 0 Å². The number of anilines is 1. The van der Waals surface area contributed by atoms with E-state index in [1.807, 2.05) is 36.5 Å². The van der Waals surface area contributed by atoms with Crippen molar-refractivity contribution in [3.05, 3.63) is 59.8 Å². The molecular formula is C19H24N3O+. The van der Waals surface area contributed by atoms with Crippen LogP contribution < -0.4 is 15.2 Å². The van der Waals surface area contributed by atoms with Crippen molar-refractivity contribution < 1.29 is 9.78 Å². The molecule has 1 fully saturated rings. The summed E-state index contributed by atoms with van der Waals surface area (Å²) < 4.78 is 0. The predicted octanol–water partition coefficient (Wildman–Crippen LogP) is 2.46. The van der Waals surface area contributed by atoms with E-state index in [0.717, 1.165) is 30.9 Å². The molecule has 0 unspecified atom stereocenters. The van der Waals surface area contributed by atoms with E-state index in [-0.39, 0.29) is 5.91 Å². The van der Waals surface area contributed by atoms with E-state index in [1.165, 1.54) is 24.8 Å². The SMILES string of the molecule is O=C(NCCc1ccccc1)c1ccc[nH+]c1N1CCCCC1. The maximum absolute atomic E-state index is 12.5. The molecule has 2 aromatic rings. The number of rotatable bonds is 5. The molecule has 1 amide bonds. The Labute approximate surface area is 137 Å². The zero-order valence-electron chi connectivity index (χ0n) is 13.4. The summed E-state index contributed by atoms with van der Waals surface area (Å²) in [5, 5.41) is 3.04. The number of carbonyl (C=O) groups is 1. The summed E-state index contributed by atoms with van der Waals surface area (Å²) >= 11 is 0. The summed E-state index contributed by atoms with van der Waals surface area (Å²) in [4.78, 5) is 18.1. The number of nitrogens with one attached hydrogen (secondary N) is 2. The van der Waals surface area contributed by atoms with Crippen molar-refractivity contribution in [3.63, 3.8) is 0 Å². The van der Waals surface area contributed by atoms with Crippen LogP contribution in [0.2, 0.25) is 0 Å². The van der Waals surface area contributed by atoms with E-state index in [4.69, 9.17) is 0 Å². The minimum atomic E-state index is -0.00152. The minimum absolute atomic E-state index is 0.00152. The first-order chi connectivity index (χ1) is 11.3. The number of hydrogen-bond donors (Lipinski definition) is 1. The molecule has 23 heavy (non-hydrogen) atoms. The number of nitrogens with zero attached hydrogens (tertiary/aromatic N) is 1. The molecule has 0 aliphatic carbocycles. The molecule has 4 heteroatoms. The molecule has 0 radical (unpaired) electrons. The molecule has 0 bridgehead atoms. The number of pyridine rings is 1. The van der Waals surface area contributed by atoms with Gasteiger partial charge in [0.15, 0.2) is 0 Å². The maximum Gasteiger partial charge on any atom is 0.287 e. The normalized spacial score (nSPS) is 14.5. The third-order valence-corrected chi connectivity index (χ3v) is 4.29. The van der Waals surface area contributed by atoms with Crippen molar-refractivity contribution in [1.82, 2.24) is 5.32 Å². The van der Waals surface area contributed by atoms with Gasteiger partial charge in [-0.1, -0.05) is 30.3 Å². The minimum Gasteiger partial charge on any atom is -0.351 e. The van der Waals surface area contributed by atoms with E-state index in [9.17, 15) is 4.79 Å². The Hall–Kier alpha value is -2.36. The monoisotopic (exact) mass is 310 g/mol. The predicted molar refractivity (Wildman–Crippen MR) is 91.5 cm³/mol. The first-order valence-corrected chi connectivity index (χ1v) is 8.42. The Morgan fingerprint density at radius 1 is 1.04 bits per heavy atom. The van der Waals surface area contributed by atoms with Gasteiger partial charge < -0.3 is 5.32 Å². The number of hydrogen-bond acceptors (Lipinski definition) is 2. The molecule has 3 rings (SSSR count). The number of benzene rings is 1. The van der Waals surface area contributed by atoms with Gasteiger partial charge in [0.05, 0.1) is 19.3 Å². The lowest BCUT2D eigenvalue weighted by molar-refractivity contribution is -0.364. The molecule has 1 aromatic heterocycles. The Bertz CT molecular complexity index is 636. The van der Waals surface area contributed by atoms with Crippen LogP contribution in [0.15, 0.2) is 48.7 Å². The van der Waals surface area contributed by atoms with Crippen LogP contribution in [0.5, 0.6) is 0 Å². The van der Waals surface area contributed by atoms with Crippen LogP contribution in [0.1, 0.15) is 35.2 Å². The first kappa shape index (κ1) is 15.5. The highest BCUT2D eigenvalue weighted by atomic mass is 16.1. The molecule has 0 saturated carbocycles. The van der Waals surface area contributed by atoms with Gasteiger partial charge in [0.25, 0.3) is 11.7 Å². The zero-order valence-corrected chi connectivity index (χ0v) is 13.4. The van der Waals surface area contributed by atoms with Crippen LogP contribution in [0.4, 0.5) is 5.82 Å². The standard InChI is InChI=1S/C19H23N3O/c23-19(21-13-11-16-8-3-1-4-9-16)17-10-7-12-20-18(17)22-14-5-2-6-15-22/h1,3-4,7-10,12H,2,5-6,11,13-15H2,(H,21,23)/p+1. The van der Waals surface area contributed by atoms with Gasteiger partial charge in [0, 0.05) is 6.54 Å². The third kappa shape index (κ3) is 4.09. The second-order valence-electron chi connectivity index (χ2n) is 5.97. The molecule has 120 valence electrons. The van der Waals surface area contributed by atoms with E-state index in [2.05, 4.69) is 27.3 Å². The quantitative estimate of drug-likeness (QED) is 0.922. The summed E-state index contributed by atoms with van der Waals surface area (Å²) in [7, 11) is 0. The number of amides is 1. The first-order valence-electron chi connectivity index (χ1n) is 8.42. The lowest BCUT2D eigenvalue weighted by Crippen LogP contribution is -2.37. The Kier molecular flexibility index (Phi) is 5.25. The van der Waals surface area contributed by atoms with Gasteiger partial charge >= 0.3 is 0 Å². The molecular weight excluding hydrogens is 286 g/mol. The molecule has 0 spiro atoms. The maximum atomic E-state index is 12.5. The van der Waals surface area contributed by atoms with E-state index < -0.39 is 0 Å². The fraction of sp³-hybridized carbons (Fsp3) is 0.368. The topological polar surface area (TPSA) is 46.5 Å². The molecule has 0 atom stereocenters. The molecule has 1 aliphatic rings. The molecule has 1 aliphatic heterocycles. The fourth-order valence-corrected chi connectivity index (χ4v) is 3.05. The summed E-state index contributed by atoms with van der Waals surface area (Å²) in [5.41, 5.74) is 1.98. The number of aromatic nitrogens is 1. The van der Waals surface area contributed by atoms with Gasteiger partial charge in [-0.2, -0.15) is 0 Å². The molecule has 1 saturated heterocycles. The molecule has 2 heterocycles. The third-order valence-electron chi connectivity index (χ3n) is 4.29. The smallest absolute Gasteiger partial charge is 0.287 e. The van der Waals surface area contributed by atoms with Crippen LogP contribution in [0, 0.1) is 0 Å². The molecule has 4 nitrogen and oxygen atoms in total. The lowest BCUT2D eigenvalue weighted by atomic mass is 10.1. The average molecular weight is 310 g/mol. The highest BCUT2D eigenvalue weighted by molar-refractivity contribution is 5.98. The summed E-state index contributed by atoms with van der Waals surface area (Å²) in [6, 6.07) is 14.0. The summed E-state index contributed by atoms with van der Waals surface area (Å²) in [5.74, 6) is 0.947. The number of piperidine rings is 1. The van der Waals surface area contributed by atoms with Crippen LogP contribution in [0.3, 0.4) is 0 Å². The molecule has 2 N–H and O–H groups in total. The van der Waals surface area contributed by atoms with Gasteiger partial charge in [0.2, 0.25) is 0 Å². The van der Waals surface area contributed by atoms with Gasteiger partial charge in [-0.15, -0.1) is 0 Å². The fourth-order valence-electron chi connectivity index (χ4n) is 3.05. The van der Waals surface area contributed by atoms with Crippen LogP contribution in [-0.4, -0.2) is 25.5 Å². The van der Waals surface area contributed by atoms with E-state index in [0.29, 0.717) is 6.54 Å². The Balaban J connectivity index is 1.62. The van der Waals surface area contributed by atoms with Crippen molar-refractivity contribution in [2.45, 2.75) is 25.7 Å². The zero-order chi connectivity index (χ0) is 15.9. The van der Waals surface area contributed by atoms with Gasteiger partial charge in [-0.3, -0.25) is 9.69 Å². The van der Waals surface area contributed by atoms with E-state index >= 15 is 0 Å². The van der Waals surface area contributed by atoms with Crippen molar-refractivity contribution in [2.24, 2.45) is 0 Å². The number of H-pyrrole nitrogens is 1. The van der Waals surface area contributed by atoms with Crippen molar-refractivity contribution in [1.29, 1.82) is 0 Å². The second-order valence-corrected chi connectivity index (χ2v) is 5.97. The van der Waals surface area contributed by atoms with Gasteiger partial charge in [-0.05, 0) is 43.4 Å². The Morgan fingerprint density at radius 3 is 2.61 bits per heavy atom. The lowest BCUT2D eigenvalue weighted by Gasteiger charge is -2.22. The highest BCUT2D eigenvalue weighted by Gasteiger charge is 2.25. The van der Waals surface area contributed by atoms with Crippen LogP contribution in [0.25, 0.3) is 0 Å².